The van der Waals surface area contributed by atoms with Gasteiger partial charge in [-0.3, -0.25) is 19.2 Å². The number of unbranched alkanes of at least 4 members (excludes halogenated alkanes) is 1. The van der Waals surface area contributed by atoms with Crippen LogP contribution in [0.2, 0.25) is 0 Å². The first kappa shape index (κ1) is 65.8. The van der Waals surface area contributed by atoms with Gasteiger partial charge in [-0.15, -0.1) is 0 Å². The molecule has 0 saturated carbocycles. The van der Waals surface area contributed by atoms with Gasteiger partial charge < -0.3 is 121 Å². The first-order valence-corrected chi connectivity index (χ1v) is 29.4. The van der Waals surface area contributed by atoms with Crippen molar-refractivity contribution in [2.45, 2.75) is 160 Å². The second-order valence-corrected chi connectivity index (χ2v) is 23.4. The Kier molecular flexibility index (Phi) is 24.9. The number of rotatable bonds is 25. The van der Waals surface area contributed by atoms with Crippen molar-refractivity contribution in [3.8, 4) is 0 Å². The van der Waals surface area contributed by atoms with Crippen molar-refractivity contribution < 1.29 is 119 Å². The maximum atomic E-state index is 13.6. The summed E-state index contributed by atoms with van der Waals surface area (Å²) >= 11 is 0. The minimum atomic E-state index is -1.84. The second kappa shape index (κ2) is 31.0. The summed E-state index contributed by atoms with van der Waals surface area (Å²) in [5.74, 6) is -0.847. The molecule has 0 radical (unpaired) electrons. The number of benzene rings is 2. The summed E-state index contributed by atoms with van der Waals surface area (Å²) in [6, 6.07) is 11.4. The Balaban J connectivity index is 0.922. The third-order valence-electron chi connectivity index (χ3n) is 15.0. The molecule has 0 spiro atoms. The molecule has 5 fully saturated rings. The maximum Gasteiger partial charge on any atom is 0.251 e. The molecule has 5 aliphatic rings. The van der Waals surface area contributed by atoms with Crippen molar-refractivity contribution in [2.75, 3.05) is 64.9 Å². The van der Waals surface area contributed by atoms with Crippen molar-refractivity contribution in [1.82, 2.24) is 20.9 Å². The van der Waals surface area contributed by atoms with E-state index in [-0.39, 0.29) is 67.3 Å². The zero-order chi connectivity index (χ0) is 59.4. The Bertz CT molecular complexity index is 2210. The fraction of sp³-hybridized carbons (Fsp3) is 0.692. The van der Waals surface area contributed by atoms with E-state index >= 15 is 0 Å². The van der Waals surface area contributed by atoms with E-state index in [2.05, 4.69) is 16.0 Å². The van der Waals surface area contributed by atoms with E-state index < -0.39 is 167 Å². The lowest BCUT2D eigenvalue weighted by Gasteiger charge is -2.46. The number of hydrogen-bond acceptors (Lipinski definition) is 26. The van der Waals surface area contributed by atoms with E-state index in [9.17, 15) is 90.7 Å². The molecule has 3 unspecified atom stereocenters. The van der Waals surface area contributed by atoms with Gasteiger partial charge >= 0.3 is 0 Å². The van der Waals surface area contributed by atoms with E-state index in [1.807, 2.05) is 21.6 Å². The lowest BCUT2D eigenvalue weighted by molar-refractivity contribution is -0.342. The van der Waals surface area contributed by atoms with Crippen LogP contribution in [0.4, 0.5) is 0 Å². The number of aliphatic hydroxyl groups excluding tert-OH is 14. The highest BCUT2D eigenvalue weighted by Crippen LogP contribution is 2.40. The van der Waals surface area contributed by atoms with Gasteiger partial charge in [-0.1, -0.05) is 52.3 Å². The minimum Gasteiger partial charge on any atom is -0.394 e. The molecule has 5 saturated heterocycles. The summed E-state index contributed by atoms with van der Waals surface area (Å²) in [6.45, 7) is -3.65. The maximum absolute atomic E-state index is 13.6. The van der Waals surface area contributed by atoms with Crippen LogP contribution in [0.5, 0.6) is 0 Å². The Morgan fingerprint density at radius 3 is 1.37 bits per heavy atom. The molecule has 28 nitrogen and oxygen atoms in total. The molecule has 2 aromatic carbocycles. The van der Waals surface area contributed by atoms with Crippen molar-refractivity contribution in [1.29, 1.82) is 0 Å². The van der Waals surface area contributed by atoms with Crippen LogP contribution >= 0.6 is 21.6 Å². The van der Waals surface area contributed by atoms with E-state index in [1.54, 1.807) is 0 Å². The number of carbonyl (C=O) groups excluding carboxylic acids is 4. The van der Waals surface area contributed by atoms with Crippen molar-refractivity contribution in [3.63, 3.8) is 0 Å². The van der Waals surface area contributed by atoms with Crippen LogP contribution in [0.3, 0.4) is 0 Å². The molecule has 21 atom stereocenters. The lowest BCUT2D eigenvalue weighted by Crippen LogP contribution is -2.63. The second-order valence-electron chi connectivity index (χ2n) is 20.6. The van der Waals surface area contributed by atoms with E-state index in [0.29, 0.717) is 11.7 Å². The Labute approximate surface area is 479 Å². The van der Waals surface area contributed by atoms with Crippen LogP contribution < -0.4 is 16.0 Å². The standard InChI is InChI=1S/C52H76N4O24S2/c57-20-29-35(63)37(65)43(71)51(77-29)79-47-31(22-59)75-45(39(67)41(47)69)24-5-9-26(10-6-24)49(73)53-14-16-56(34(62)19-55-33(61)4-2-1-3-28-13-18-81-82-28)17-15-54-50(74)27-11-7-25(8-12-27)46-40(68)42(70)48(32(23-60)76-46)80-52-44(72)38(66)36(64)30(21-58)78-52/h5-12,28-32,35-48,51-52,57-60,63-72H,1-4,13-23H2,(H,53,73)(H,54,74)(H,55,61)/t28?,29-,30-,31-,32-,35+,36+,37+,38+,39-,40-,41-,42-,43-,44-,45?,46?,47-,48-,51+,52+/m1/s1. The fourth-order valence-corrected chi connectivity index (χ4v) is 13.2. The van der Waals surface area contributed by atoms with Crippen LogP contribution in [0, 0.1) is 0 Å². The number of carbonyl (C=O) groups is 4. The van der Waals surface area contributed by atoms with Crippen LogP contribution in [0.25, 0.3) is 0 Å². The number of hydrogen-bond donors (Lipinski definition) is 17. The molecule has 460 valence electrons. The van der Waals surface area contributed by atoms with Gasteiger partial charge in [0.1, 0.15) is 110 Å². The molecule has 5 heterocycles. The smallest absolute Gasteiger partial charge is 0.251 e. The number of nitrogens with one attached hydrogen (secondary N) is 3. The summed E-state index contributed by atoms with van der Waals surface area (Å²) in [7, 11) is 3.70. The van der Waals surface area contributed by atoms with Gasteiger partial charge in [-0.05, 0) is 54.7 Å². The van der Waals surface area contributed by atoms with Gasteiger partial charge in [0.25, 0.3) is 11.8 Å². The molecular formula is C52H76N4O24S2. The van der Waals surface area contributed by atoms with Gasteiger partial charge in [0.2, 0.25) is 11.8 Å². The van der Waals surface area contributed by atoms with Gasteiger partial charge in [0, 0.05) is 54.7 Å². The zero-order valence-electron chi connectivity index (χ0n) is 44.5. The van der Waals surface area contributed by atoms with Crippen LogP contribution in [0.1, 0.15) is 76.2 Å². The fourth-order valence-electron chi connectivity index (χ4n) is 10.1. The molecule has 5 aliphatic heterocycles. The SMILES string of the molecule is O=C(CCCCC1CCSS1)NCC(=O)N(CCNC(=O)c1ccc(C2O[C@H](CO)[C@@H](O[C@@H]3O[C@H](CO)[C@H](O)[C@H](O)[C@H]3O)[C@H](O)[C@H]2O)cc1)CCNC(=O)c1ccc(C2O[C@H](CO)[C@@H](O[C@@H]3O[C@H](CO)[C@H](O)[C@H](O)[C@H]3O)[C@H](O)[C@H]2O)cc1. The third-order valence-corrected chi connectivity index (χ3v) is 18.0. The highest BCUT2D eigenvalue weighted by atomic mass is 33.1. The zero-order valence-corrected chi connectivity index (χ0v) is 46.1. The van der Waals surface area contributed by atoms with Crippen molar-refractivity contribution in [3.05, 3.63) is 70.8 Å². The minimum absolute atomic E-state index is 0.0616. The summed E-state index contributed by atoms with van der Waals surface area (Å²) in [5, 5.41) is 154. The first-order valence-electron chi connectivity index (χ1n) is 27.1. The van der Waals surface area contributed by atoms with Gasteiger partial charge in [-0.25, -0.2) is 0 Å². The predicted molar refractivity (Wildman–Crippen MR) is 285 cm³/mol. The molecule has 82 heavy (non-hydrogen) atoms. The van der Waals surface area contributed by atoms with Gasteiger partial charge in [0.15, 0.2) is 12.6 Å². The molecule has 0 bridgehead atoms. The summed E-state index contributed by atoms with van der Waals surface area (Å²) < 4.78 is 33.8. The quantitative estimate of drug-likeness (QED) is 0.0325. The van der Waals surface area contributed by atoms with Crippen molar-refractivity contribution >= 4 is 45.2 Å². The highest BCUT2D eigenvalue weighted by molar-refractivity contribution is 8.77. The highest BCUT2D eigenvalue weighted by Gasteiger charge is 2.52. The summed E-state index contributed by atoms with van der Waals surface area (Å²) in [5.41, 5.74) is 0.849. The summed E-state index contributed by atoms with van der Waals surface area (Å²) in [6.07, 6.45) is -27.9. The third kappa shape index (κ3) is 16.2. The van der Waals surface area contributed by atoms with E-state index in [1.165, 1.54) is 53.4 Å². The molecular weight excluding hydrogens is 1130 g/mol. The topological polar surface area (TPSA) is 446 Å². The molecule has 0 aromatic heterocycles. The van der Waals surface area contributed by atoms with Crippen LogP contribution in [-0.4, -0.2) is 280 Å². The Morgan fingerprint density at radius 2 is 0.963 bits per heavy atom. The monoisotopic (exact) mass is 1200 g/mol. The van der Waals surface area contributed by atoms with Crippen LogP contribution in [0.15, 0.2) is 48.5 Å². The average Bonchev–Trinajstić information content (AvgIpc) is 4.06. The number of ether oxygens (including phenoxy) is 6. The molecule has 2 aromatic rings. The number of nitrogens with zero attached hydrogens (tertiary/aromatic N) is 1. The van der Waals surface area contributed by atoms with Gasteiger partial charge in [0.05, 0.1) is 33.0 Å². The normalized spacial score (nSPS) is 35.9. The van der Waals surface area contributed by atoms with Gasteiger partial charge in [-0.2, -0.15) is 0 Å². The molecule has 7 rings (SSSR count). The number of amides is 4. The predicted octanol–water partition coefficient (Wildman–Crippen LogP) is -5.82. The lowest BCUT2D eigenvalue weighted by atomic mass is 9.90. The molecule has 4 amide bonds. The van der Waals surface area contributed by atoms with E-state index in [4.69, 9.17) is 28.4 Å². The molecule has 0 aliphatic carbocycles. The Morgan fingerprint density at radius 1 is 0.524 bits per heavy atom. The molecule has 17 N–H and O–H groups in total. The first-order chi connectivity index (χ1) is 39.3. The Hall–Kier alpha value is -3.78. The summed E-state index contributed by atoms with van der Waals surface area (Å²) in [4.78, 5) is 54.5. The largest absolute Gasteiger partial charge is 0.394 e. The van der Waals surface area contributed by atoms with E-state index in [0.717, 1.165) is 25.0 Å². The number of aliphatic hydroxyl groups is 14. The van der Waals surface area contributed by atoms with Crippen LogP contribution in [-0.2, 0) is 38.0 Å². The average molecular weight is 1210 g/mol. The van der Waals surface area contributed by atoms with Crippen molar-refractivity contribution in [2.24, 2.45) is 0 Å². The molecule has 30 heteroatoms.